The lowest BCUT2D eigenvalue weighted by Crippen LogP contribution is -2.66. The third-order valence-corrected chi connectivity index (χ3v) is 3.75. The van der Waals surface area contributed by atoms with Gasteiger partial charge in [0.1, 0.15) is 18.2 Å². The zero-order valence-electron chi connectivity index (χ0n) is 14.2. The van der Waals surface area contributed by atoms with E-state index in [2.05, 4.69) is 10.6 Å². The molecule has 11 nitrogen and oxygen atoms in total. The first-order valence-corrected chi connectivity index (χ1v) is 9.13. The monoisotopic (exact) mass is 382 g/mol. The van der Waals surface area contributed by atoms with Crippen molar-refractivity contribution in [1.29, 1.82) is 0 Å². The van der Waals surface area contributed by atoms with Gasteiger partial charge in [-0.2, -0.15) is 8.42 Å². The van der Waals surface area contributed by atoms with Crippen LogP contribution in [0.25, 0.3) is 0 Å². The minimum absolute atomic E-state index is 0.180. The summed E-state index contributed by atoms with van der Waals surface area (Å²) in [4.78, 5) is 33.8. The van der Waals surface area contributed by atoms with Crippen LogP contribution in [0.3, 0.4) is 0 Å². The van der Waals surface area contributed by atoms with Gasteiger partial charge in [-0.25, -0.2) is 0 Å². The molecule has 1 heterocycles. The molecule has 2 amide bonds. The van der Waals surface area contributed by atoms with Crippen molar-refractivity contribution < 1.29 is 41.6 Å². The second-order valence-electron chi connectivity index (χ2n) is 5.57. The van der Waals surface area contributed by atoms with Gasteiger partial charge >= 0.3 is 5.97 Å². The summed E-state index contributed by atoms with van der Waals surface area (Å²) in [6, 6.07) is -1.31. The van der Waals surface area contributed by atoms with Crippen molar-refractivity contribution in [2.45, 2.75) is 51.4 Å². The van der Waals surface area contributed by atoms with E-state index in [0.717, 1.165) is 20.1 Å². The molecular formula is C13H22N2O9S. The average Bonchev–Trinajstić information content (AvgIpc) is 2.41. The lowest BCUT2D eigenvalue weighted by Gasteiger charge is -2.43. The van der Waals surface area contributed by atoms with Gasteiger partial charge in [0.15, 0.2) is 12.4 Å². The van der Waals surface area contributed by atoms with Gasteiger partial charge in [-0.05, 0) is 0 Å². The topological polar surface area (TPSA) is 157 Å². The van der Waals surface area contributed by atoms with E-state index in [0.29, 0.717) is 0 Å². The van der Waals surface area contributed by atoms with Crippen molar-refractivity contribution >= 4 is 27.9 Å². The molecule has 0 aromatic carbocycles. The molecule has 3 unspecified atom stereocenters. The van der Waals surface area contributed by atoms with Gasteiger partial charge in [0, 0.05) is 27.3 Å². The van der Waals surface area contributed by atoms with Crippen molar-refractivity contribution in [3.8, 4) is 0 Å². The number of aliphatic hydroxyl groups excluding tert-OH is 1. The number of hydrogen-bond acceptors (Lipinski definition) is 9. The second-order valence-corrected chi connectivity index (χ2v) is 7.17. The molecule has 0 spiro atoms. The van der Waals surface area contributed by atoms with Gasteiger partial charge in [-0.1, -0.05) is 0 Å². The van der Waals surface area contributed by atoms with E-state index in [-0.39, 0.29) is 6.54 Å². The van der Waals surface area contributed by atoms with E-state index in [9.17, 15) is 27.9 Å². The van der Waals surface area contributed by atoms with E-state index < -0.39 is 58.5 Å². The fraction of sp³-hybridized carbons (Fsp3) is 0.769. The molecule has 25 heavy (non-hydrogen) atoms. The van der Waals surface area contributed by atoms with Crippen LogP contribution in [0.2, 0.25) is 0 Å². The molecular weight excluding hydrogens is 360 g/mol. The highest BCUT2D eigenvalue weighted by molar-refractivity contribution is 7.86. The van der Waals surface area contributed by atoms with Gasteiger partial charge in [-0.15, -0.1) is 0 Å². The molecule has 1 fully saturated rings. The quantitative estimate of drug-likeness (QED) is 0.337. The number of rotatable bonds is 6. The maximum absolute atomic E-state index is 11.6. The fourth-order valence-electron chi connectivity index (χ4n) is 2.37. The Kier molecular flexibility index (Phi) is 7.29. The lowest BCUT2D eigenvalue weighted by molar-refractivity contribution is -0.246. The first kappa shape index (κ1) is 21.3. The van der Waals surface area contributed by atoms with Crippen LogP contribution in [-0.2, 0) is 38.2 Å². The number of carbonyl (C=O) groups excluding carboxylic acids is 3. The highest BCUT2D eigenvalue weighted by Gasteiger charge is 2.50. The molecule has 1 saturated heterocycles. The van der Waals surface area contributed by atoms with Crippen molar-refractivity contribution in [2.75, 3.05) is 12.8 Å². The molecule has 1 aliphatic heterocycles. The number of ether oxygens (including phenoxy) is 2. The summed E-state index contributed by atoms with van der Waals surface area (Å²) < 4.78 is 38.5. The van der Waals surface area contributed by atoms with Crippen LogP contribution >= 0.6 is 0 Å². The molecule has 0 radical (unpaired) electrons. The smallest absolute Gasteiger partial charge is 0.303 e. The highest BCUT2D eigenvalue weighted by atomic mass is 32.2. The van der Waals surface area contributed by atoms with E-state index in [4.69, 9.17) is 13.7 Å². The molecule has 144 valence electrons. The largest absolute Gasteiger partial charge is 0.457 e. The Labute approximate surface area is 145 Å². The summed E-state index contributed by atoms with van der Waals surface area (Å²) >= 11 is 0. The third kappa shape index (κ3) is 6.94. The zero-order chi connectivity index (χ0) is 19.4. The van der Waals surface area contributed by atoms with Crippen LogP contribution in [0.1, 0.15) is 20.8 Å². The Bertz CT molecular complexity index is 621. The predicted molar refractivity (Wildman–Crippen MR) is 82.4 cm³/mol. The number of esters is 1. The van der Waals surface area contributed by atoms with Gasteiger partial charge in [0.25, 0.3) is 10.1 Å². The maximum atomic E-state index is 11.6. The average molecular weight is 382 g/mol. The molecule has 5 atom stereocenters. The second kappa shape index (κ2) is 8.56. The molecule has 1 aliphatic rings. The number of hydrogen-bond donors (Lipinski definition) is 3. The molecule has 0 aromatic rings. The first-order valence-electron chi connectivity index (χ1n) is 7.31. The van der Waals surface area contributed by atoms with Crippen LogP contribution in [-0.4, -0.2) is 74.8 Å². The molecule has 0 aliphatic carbocycles. The number of aliphatic hydroxyl groups is 1. The first-order chi connectivity index (χ1) is 11.4. The van der Waals surface area contributed by atoms with Crippen molar-refractivity contribution in [1.82, 2.24) is 10.6 Å². The summed E-state index contributed by atoms with van der Waals surface area (Å²) in [5.74, 6) is -1.76. The summed E-state index contributed by atoms with van der Waals surface area (Å²) in [5, 5.41) is 14.8. The number of nitrogens with one attached hydrogen (secondary N) is 2. The van der Waals surface area contributed by atoms with Gasteiger partial charge in [0.05, 0.1) is 6.26 Å². The molecule has 3 N–H and O–H groups in total. The molecule has 1 rings (SSSR count). The maximum Gasteiger partial charge on any atom is 0.303 e. The van der Waals surface area contributed by atoms with E-state index in [1.54, 1.807) is 0 Å². The molecule has 0 saturated carbocycles. The summed E-state index contributed by atoms with van der Waals surface area (Å²) in [6.45, 7) is 3.30. The predicted octanol–water partition coefficient (Wildman–Crippen LogP) is -2.38. The minimum atomic E-state index is -4.04. The van der Waals surface area contributed by atoms with E-state index in [1.807, 2.05) is 0 Å². The third-order valence-electron chi connectivity index (χ3n) is 3.18. The Hall–Kier alpha value is -1.76. The van der Waals surface area contributed by atoms with Crippen LogP contribution < -0.4 is 10.6 Å². The van der Waals surface area contributed by atoms with Crippen molar-refractivity contribution in [3.63, 3.8) is 0 Å². The van der Waals surface area contributed by atoms with Crippen molar-refractivity contribution in [2.24, 2.45) is 0 Å². The Morgan fingerprint density at radius 2 is 1.72 bits per heavy atom. The van der Waals surface area contributed by atoms with Crippen LogP contribution in [0.5, 0.6) is 0 Å². The molecule has 0 aromatic heterocycles. The zero-order valence-corrected chi connectivity index (χ0v) is 15.0. The highest BCUT2D eigenvalue weighted by Crippen LogP contribution is 2.26. The normalized spacial score (nSPS) is 29.6. The van der Waals surface area contributed by atoms with Gasteiger partial charge in [-0.3, -0.25) is 18.6 Å². The fourth-order valence-corrected chi connectivity index (χ4v) is 3.00. The standard InChI is InChI=1S/C13H22N2O9S/c1-6(16)14-5-9-11(22-8(3)18)12(24-25(4,20)21)10(13(19)23-9)15-7(2)17/h9-13,19H,5H2,1-4H3,(H,14,16)(H,15,17)/t9?,10?,11-,12-,13?/m1/s1. The minimum Gasteiger partial charge on any atom is -0.457 e. The number of amides is 2. The summed E-state index contributed by atoms with van der Waals surface area (Å²) in [5.41, 5.74) is 0. The van der Waals surface area contributed by atoms with Gasteiger partial charge in [0.2, 0.25) is 11.8 Å². The Morgan fingerprint density at radius 1 is 1.12 bits per heavy atom. The Morgan fingerprint density at radius 3 is 2.16 bits per heavy atom. The summed E-state index contributed by atoms with van der Waals surface area (Å²) in [6.07, 6.45) is -4.74. The van der Waals surface area contributed by atoms with E-state index >= 15 is 0 Å². The van der Waals surface area contributed by atoms with Crippen molar-refractivity contribution in [3.05, 3.63) is 0 Å². The van der Waals surface area contributed by atoms with Crippen LogP contribution in [0, 0.1) is 0 Å². The lowest BCUT2D eigenvalue weighted by atomic mass is 9.96. The van der Waals surface area contributed by atoms with Crippen LogP contribution in [0.15, 0.2) is 0 Å². The molecule has 12 heteroatoms. The SMILES string of the molecule is CC(=O)NCC1OC(O)C(NC(C)=O)[C@@H](OS(C)(=O)=O)[C@@H]1OC(C)=O. The Balaban J connectivity index is 3.20. The van der Waals surface area contributed by atoms with E-state index in [1.165, 1.54) is 6.92 Å². The van der Waals surface area contributed by atoms with Gasteiger partial charge < -0.3 is 25.2 Å². The number of carbonyl (C=O) groups is 3. The molecule has 0 bridgehead atoms. The summed E-state index contributed by atoms with van der Waals surface area (Å²) in [7, 11) is -4.04. The van der Waals surface area contributed by atoms with Crippen LogP contribution in [0.4, 0.5) is 0 Å².